The van der Waals surface area contributed by atoms with Crippen LogP contribution in [0.5, 0.6) is 0 Å². The Morgan fingerprint density at radius 2 is 1.86 bits per heavy atom. The number of pyridine rings is 1. The van der Waals surface area contributed by atoms with Gasteiger partial charge in [-0.05, 0) is 24.3 Å². The van der Waals surface area contributed by atoms with Crippen molar-refractivity contribution in [2.45, 2.75) is 6.42 Å². The SMILES string of the molecule is O=C(O)CCN(C(=O)c1ccc(Cl)cn1)c1ccccc1. The zero-order chi connectivity index (χ0) is 15.2. The van der Waals surface area contributed by atoms with Gasteiger partial charge in [0, 0.05) is 18.4 Å². The Kier molecular flexibility index (Phi) is 4.90. The maximum absolute atomic E-state index is 12.5. The Labute approximate surface area is 126 Å². The van der Waals surface area contributed by atoms with E-state index in [4.69, 9.17) is 16.7 Å². The molecule has 0 aliphatic heterocycles. The summed E-state index contributed by atoms with van der Waals surface area (Å²) in [6, 6.07) is 12.0. The molecule has 0 saturated carbocycles. The topological polar surface area (TPSA) is 70.5 Å². The van der Waals surface area contributed by atoms with Crippen LogP contribution in [0.25, 0.3) is 0 Å². The van der Waals surface area contributed by atoms with Gasteiger partial charge in [-0.25, -0.2) is 4.98 Å². The first-order chi connectivity index (χ1) is 10.1. The van der Waals surface area contributed by atoms with Crippen molar-refractivity contribution >= 4 is 29.2 Å². The molecule has 2 aromatic rings. The second kappa shape index (κ2) is 6.85. The fraction of sp³-hybridized carbons (Fsp3) is 0.133. The molecule has 6 heteroatoms. The summed E-state index contributed by atoms with van der Waals surface area (Å²) >= 11 is 5.75. The van der Waals surface area contributed by atoms with E-state index >= 15 is 0 Å². The van der Waals surface area contributed by atoms with Crippen LogP contribution >= 0.6 is 11.6 Å². The molecule has 1 aromatic heterocycles. The predicted octanol–water partition coefficient (Wildman–Crippen LogP) is 2.86. The molecule has 0 spiro atoms. The van der Waals surface area contributed by atoms with Gasteiger partial charge < -0.3 is 10.0 Å². The van der Waals surface area contributed by atoms with E-state index in [1.54, 1.807) is 30.3 Å². The molecule has 5 nitrogen and oxygen atoms in total. The summed E-state index contributed by atoms with van der Waals surface area (Å²) in [5.74, 6) is -1.33. The molecule has 1 heterocycles. The number of carboxylic acid groups (broad SMARTS) is 1. The number of hydrogen-bond donors (Lipinski definition) is 1. The smallest absolute Gasteiger partial charge is 0.305 e. The van der Waals surface area contributed by atoms with Gasteiger partial charge in [0.2, 0.25) is 0 Å². The van der Waals surface area contributed by atoms with E-state index in [0.717, 1.165) is 0 Å². The molecular weight excluding hydrogens is 292 g/mol. The molecule has 2 rings (SSSR count). The monoisotopic (exact) mass is 304 g/mol. The highest BCUT2D eigenvalue weighted by Gasteiger charge is 2.19. The van der Waals surface area contributed by atoms with Crippen LogP contribution in [0.1, 0.15) is 16.9 Å². The van der Waals surface area contributed by atoms with Crippen LogP contribution in [0.15, 0.2) is 48.7 Å². The van der Waals surface area contributed by atoms with Crippen LogP contribution < -0.4 is 4.90 Å². The van der Waals surface area contributed by atoms with Crippen molar-refractivity contribution in [1.29, 1.82) is 0 Å². The first-order valence-electron chi connectivity index (χ1n) is 6.28. The summed E-state index contributed by atoms with van der Waals surface area (Å²) in [5.41, 5.74) is 0.842. The maximum atomic E-state index is 12.5. The number of aromatic nitrogens is 1. The number of anilines is 1. The molecule has 0 fully saturated rings. The van der Waals surface area contributed by atoms with Crippen LogP contribution in [-0.4, -0.2) is 28.5 Å². The number of hydrogen-bond acceptors (Lipinski definition) is 3. The number of nitrogens with zero attached hydrogens (tertiary/aromatic N) is 2. The van der Waals surface area contributed by atoms with Crippen LogP contribution in [0.2, 0.25) is 5.02 Å². The van der Waals surface area contributed by atoms with Gasteiger partial charge in [0.25, 0.3) is 5.91 Å². The van der Waals surface area contributed by atoms with E-state index in [1.807, 2.05) is 6.07 Å². The van der Waals surface area contributed by atoms with E-state index in [1.165, 1.54) is 17.2 Å². The zero-order valence-corrected chi connectivity index (χ0v) is 11.8. The molecule has 1 N–H and O–H groups in total. The van der Waals surface area contributed by atoms with Crippen LogP contribution in [-0.2, 0) is 4.79 Å². The molecule has 0 saturated heterocycles. The van der Waals surface area contributed by atoms with Crippen molar-refractivity contribution in [2.75, 3.05) is 11.4 Å². The third-order valence-electron chi connectivity index (χ3n) is 2.81. The second-order valence-electron chi connectivity index (χ2n) is 4.30. The number of benzene rings is 1. The predicted molar refractivity (Wildman–Crippen MR) is 79.6 cm³/mol. The first-order valence-corrected chi connectivity index (χ1v) is 6.66. The van der Waals surface area contributed by atoms with Gasteiger partial charge in [0.1, 0.15) is 5.69 Å². The summed E-state index contributed by atoms with van der Waals surface area (Å²) in [6.07, 6.45) is 1.24. The van der Waals surface area contributed by atoms with E-state index < -0.39 is 5.97 Å². The van der Waals surface area contributed by atoms with Crippen molar-refractivity contribution in [1.82, 2.24) is 4.98 Å². The Balaban J connectivity index is 2.28. The number of carbonyl (C=O) groups is 2. The Morgan fingerprint density at radius 3 is 2.43 bits per heavy atom. The fourth-order valence-corrected chi connectivity index (χ4v) is 1.92. The van der Waals surface area contributed by atoms with Crippen molar-refractivity contribution in [3.63, 3.8) is 0 Å². The highest BCUT2D eigenvalue weighted by molar-refractivity contribution is 6.30. The molecular formula is C15H13ClN2O3. The fourth-order valence-electron chi connectivity index (χ4n) is 1.80. The van der Waals surface area contributed by atoms with Gasteiger partial charge >= 0.3 is 5.97 Å². The molecule has 108 valence electrons. The van der Waals surface area contributed by atoms with Crippen LogP contribution in [0.3, 0.4) is 0 Å². The van der Waals surface area contributed by atoms with Gasteiger partial charge in [-0.15, -0.1) is 0 Å². The number of aliphatic carboxylic acids is 1. The zero-order valence-electron chi connectivity index (χ0n) is 11.1. The Morgan fingerprint density at radius 1 is 1.14 bits per heavy atom. The molecule has 0 unspecified atom stereocenters. The second-order valence-corrected chi connectivity index (χ2v) is 4.73. The minimum Gasteiger partial charge on any atom is -0.481 e. The Bertz CT molecular complexity index is 629. The summed E-state index contributed by atoms with van der Waals surface area (Å²) in [5, 5.41) is 9.26. The summed E-state index contributed by atoms with van der Waals surface area (Å²) in [7, 11) is 0. The largest absolute Gasteiger partial charge is 0.481 e. The number of halogens is 1. The lowest BCUT2D eigenvalue weighted by atomic mass is 10.2. The van der Waals surface area contributed by atoms with Crippen molar-refractivity contribution in [2.24, 2.45) is 0 Å². The molecule has 1 amide bonds. The molecule has 21 heavy (non-hydrogen) atoms. The Hall–Kier alpha value is -2.40. The van der Waals surface area contributed by atoms with Gasteiger partial charge in [-0.1, -0.05) is 29.8 Å². The number of amides is 1. The summed E-state index contributed by atoms with van der Waals surface area (Å²) in [4.78, 5) is 28.6. The maximum Gasteiger partial charge on any atom is 0.305 e. The van der Waals surface area contributed by atoms with Crippen molar-refractivity contribution in [3.8, 4) is 0 Å². The lowest BCUT2D eigenvalue weighted by molar-refractivity contribution is -0.136. The molecule has 0 bridgehead atoms. The van der Waals surface area contributed by atoms with Crippen LogP contribution in [0.4, 0.5) is 5.69 Å². The molecule has 0 radical (unpaired) electrons. The van der Waals surface area contributed by atoms with Gasteiger partial charge in [0.05, 0.1) is 11.4 Å². The van der Waals surface area contributed by atoms with E-state index in [0.29, 0.717) is 10.7 Å². The molecule has 0 aliphatic rings. The van der Waals surface area contributed by atoms with Gasteiger partial charge in [0.15, 0.2) is 0 Å². The minimum absolute atomic E-state index is 0.0719. The molecule has 1 aromatic carbocycles. The molecule has 0 aliphatic carbocycles. The third-order valence-corrected chi connectivity index (χ3v) is 3.03. The summed E-state index contributed by atoms with van der Waals surface area (Å²) in [6.45, 7) is 0.0719. The van der Waals surface area contributed by atoms with Crippen molar-refractivity contribution < 1.29 is 14.7 Å². The van der Waals surface area contributed by atoms with Crippen LogP contribution in [0, 0.1) is 0 Å². The average Bonchev–Trinajstić information content (AvgIpc) is 2.49. The highest BCUT2D eigenvalue weighted by Crippen LogP contribution is 2.17. The highest BCUT2D eigenvalue weighted by atomic mass is 35.5. The number of carbonyl (C=O) groups excluding carboxylic acids is 1. The van der Waals surface area contributed by atoms with Gasteiger partial charge in [-0.2, -0.15) is 0 Å². The third kappa shape index (κ3) is 4.03. The lowest BCUT2D eigenvalue weighted by Crippen LogP contribution is -2.33. The van der Waals surface area contributed by atoms with E-state index in [9.17, 15) is 9.59 Å². The normalized spacial score (nSPS) is 10.1. The van der Waals surface area contributed by atoms with Crippen molar-refractivity contribution in [3.05, 3.63) is 59.4 Å². The quantitative estimate of drug-likeness (QED) is 0.922. The number of rotatable bonds is 5. The lowest BCUT2D eigenvalue weighted by Gasteiger charge is -2.21. The standard InChI is InChI=1S/C15H13ClN2O3/c16-11-6-7-13(17-10-11)15(21)18(9-8-14(19)20)12-4-2-1-3-5-12/h1-7,10H,8-9H2,(H,19,20). The summed E-state index contributed by atoms with van der Waals surface area (Å²) < 4.78 is 0. The van der Waals surface area contributed by atoms with E-state index in [2.05, 4.69) is 4.98 Å². The average molecular weight is 305 g/mol. The number of para-hydroxylation sites is 1. The minimum atomic E-state index is -0.965. The van der Waals surface area contributed by atoms with E-state index in [-0.39, 0.29) is 24.6 Å². The van der Waals surface area contributed by atoms with Gasteiger partial charge in [-0.3, -0.25) is 9.59 Å². The number of carboxylic acids is 1. The molecule has 0 atom stereocenters. The first kappa shape index (κ1) is 15.0.